The fourth-order valence-electron chi connectivity index (χ4n) is 4.71. The lowest BCUT2D eigenvalue weighted by Gasteiger charge is -2.35. The molecular formula is C25H30F3N7O2. The molecule has 2 aliphatic rings. The van der Waals surface area contributed by atoms with Crippen molar-refractivity contribution in [1.82, 2.24) is 20.2 Å². The number of rotatable bonds is 8. The highest BCUT2D eigenvalue weighted by atomic mass is 19.4. The number of nitriles is 1. The number of piperazine rings is 1. The molecule has 1 aromatic carbocycles. The van der Waals surface area contributed by atoms with Crippen molar-refractivity contribution >= 4 is 17.5 Å². The molecule has 9 nitrogen and oxygen atoms in total. The molecule has 2 N–H and O–H groups in total. The largest absolute Gasteiger partial charge is 0.451 e. The second kappa shape index (κ2) is 11.7. The van der Waals surface area contributed by atoms with Crippen LogP contribution in [0.4, 0.5) is 24.8 Å². The van der Waals surface area contributed by atoms with Gasteiger partial charge >= 0.3 is 6.18 Å². The number of carbonyl (C=O) groups is 1. The van der Waals surface area contributed by atoms with Gasteiger partial charge in [-0.2, -0.15) is 18.4 Å². The monoisotopic (exact) mass is 517 g/mol. The Morgan fingerprint density at radius 2 is 1.81 bits per heavy atom. The van der Waals surface area contributed by atoms with Gasteiger partial charge in [-0.25, -0.2) is 9.97 Å². The summed E-state index contributed by atoms with van der Waals surface area (Å²) in [6.45, 7) is 3.51. The summed E-state index contributed by atoms with van der Waals surface area (Å²) < 4.78 is 41.1. The van der Waals surface area contributed by atoms with Crippen molar-refractivity contribution in [3.05, 3.63) is 47.3 Å². The number of halogens is 3. The lowest BCUT2D eigenvalue weighted by Crippen LogP contribution is -2.48. The standard InChI is InChI=1S/C25H30F3N7O2/c26-25(27,28)24-31-21(34-12-10-33(11-13-34)14-15-36)16-22(32-24)35-9-1-2-20(35)23(37)30-8-7-18-3-5-19(17-29)6-4-18/h3-6,16,20,36H,1-2,7-15H2,(H,30,37). The topological polar surface area (TPSA) is 109 Å². The maximum atomic E-state index is 13.7. The summed E-state index contributed by atoms with van der Waals surface area (Å²) in [5, 5.41) is 20.9. The number of carbonyl (C=O) groups excluding carboxylic acids is 1. The smallest absolute Gasteiger partial charge is 0.395 e. The number of aromatic nitrogens is 2. The van der Waals surface area contributed by atoms with E-state index in [2.05, 4.69) is 21.4 Å². The van der Waals surface area contributed by atoms with Crippen LogP contribution in [0.3, 0.4) is 0 Å². The second-order valence-corrected chi connectivity index (χ2v) is 9.16. The predicted molar refractivity (Wildman–Crippen MR) is 131 cm³/mol. The van der Waals surface area contributed by atoms with Crippen molar-refractivity contribution in [1.29, 1.82) is 5.26 Å². The van der Waals surface area contributed by atoms with E-state index < -0.39 is 18.0 Å². The van der Waals surface area contributed by atoms with Crippen LogP contribution >= 0.6 is 0 Å². The van der Waals surface area contributed by atoms with E-state index in [9.17, 15) is 18.0 Å². The zero-order valence-corrected chi connectivity index (χ0v) is 20.4. The average Bonchev–Trinajstić information content (AvgIpc) is 3.39. The quantitative estimate of drug-likeness (QED) is 0.546. The highest BCUT2D eigenvalue weighted by molar-refractivity contribution is 5.85. The Labute approximate surface area is 213 Å². The molecule has 1 unspecified atom stereocenters. The summed E-state index contributed by atoms with van der Waals surface area (Å²) in [4.78, 5) is 26.1. The molecule has 0 bridgehead atoms. The van der Waals surface area contributed by atoms with Crippen molar-refractivity contribution in [3.8, 4) is 6.07 Å². The Bertz CT molecular complexity index is 1110. The molecule has 2 saturated heterocycles. The minimum absolute atomic E-state index is 0.0295. The summed E-state index contributed by atoms with van der Waals surface area (Å²) in [5.41, 5.74) is 1.53. The molecule has 1 amide bonds. The first kappa shape index (κ1) is 26.6. The first-order valence-corrected chi connectivity index (χ1v) is 12.4. The highest BCUT2D eigenvalue weighted by Gasteiger charge is 2.38. The molecule has 198 valence electrons. The zero-order chi connectivity index (χ0) is 26.4. The van der Waals surface area contributed by atoms with E-state index in [0.29, 0.717) is 70.6 Å². The molecule has 0 spiro atoms. The molecular weight excluding hydrogens is 487 g/mol. The van der Waals surface area contributed by atoms with E-state index in [0.717, 1.165) is 5.56 Å². The number of alkyl halides is 3. The predicted octanol–water partition coefficient (Wildman–Crippen LogP) is 1.81. The molecule has 2 aliphatic heterocycles. The number of benzene rings is 1. The van der Waals surface area contributed by atoms with Crippen LogP contribution in [0.2, 0.25) is 0 Å². The van der Waals surface area contributed by atoms with Gasteiger partial charge in [0.15, 0.2) is 0 Å². The van der Waals surface area contributed by atoms with Crippen LogP contribution in [-0.4, -0.2) is 84.3 Å². The van der Waals surface area contributed by atoms with Gasteiger partial charge in [-0.1, -0.05) is 12.1 Å². The van der Waals surface area contributed by atoms with Gasteiger partial charge in [0, 0.05) is 51.9 Å². The summed E-state index contributed by atoms with van der Waals surface area (Å²) in [6.07, 6.45) is -2.97. The minimum atomic E-state index is -4.72. The number of anilines is 2. The Hall–Kier alpha value is -3.43. The van der Waals surface area contributed by atoms with Crippen LogP contribution in [0.15, 0.2) is 30.3 Å². The van der Waals surface area contributed by atoms with E-state index in [1.165, 1.54) is 0 Å². The fourth-order valence-corrected chi connectivity index (χ4v) is 4.71. The first-order chi connectivity index (χ1) is 17.8. The van der Waals surface area contributed by atoms with Crippen molar-refractivity contribution in [2.24, 2.45) is 0 Å². The molecule has 1 atom stereocenters. The maximum absolute atomic E-state index is 13.7. The van der Waals surface area contributed by atoms with E-state index in [-0.39, 0.29) is 24.1 Å². The van der Waals surface area contributed by atoms with Crippen LogP contribution in [-0.2, 0) is 17.4 Å². The van der Waals surface area contributed by atoms with E-state index in [4.69, 9.17) is 10.4 Å². The van der Waals surface area contributed by atoms with Gasteiger partial charge in [-0.15, -0.1) is 0 Å². The molecule has 12 heteroatoms. The van der Waals surface area contributed by atoms with Gasteiger partial charge in [0.1, 0.15) is 17.7 Å². The maximum Gasteiger partial charge on any atom is 0.451 e. The number of hydrogen-bond donors (Lipinski definition) is 2. The molecule has 3 heterocycles. The molecule has 37 heavy (non-hydrogen) atoms. The van der Waals surface area contributed by atoms with Crippen LogP contribution in [0.5, 0.6) is 0 Å². The lowest BCUT2D eigenvalue weighted by molar-refractivity contribution is -0.144. The van der Waals surface area contributed by atoms with Crippen LogP contribution in [0.25, 0.3) is 0 Å². The van der Waals surface area contributed by atoms with Gasteiger partial charge in [0.05, 0.1) is 18.2 Å². The van der Waals surface area contributed by atoms with Crippen LogP contribution in [0, 0.1) is 11.3 Å². The van der Waals surface area contributed by atoms with Crippen molar-refractivity contribution in [2.45, 2.75) is 31.5 Å². The van der Waals surface area contributed by atoms with Crippen LogP contribution < -0.4 is 15.1 Å². The van der Waals surface area contributed by atoms with Gasteiger partial charge in [0.2, 0.25) is 11.7 Å². The lowest BCUT2D eigenvalue weighted by atomic mass is 10.1. The Balaban J connectivity index is 1.46. The van der Waals surface area contributed by atoms with Crippen LogP contribution in [0.1, 0.15) is 29.8 Å². The number of hydrogen-bond acceptors (Lipinski definition) is 8. The number of aliphatic hydroxyl groups excluding tert-OH is 1. The Kier molecular flexibility index (Phi) is 8.45. The number of β-amino-alcohol motifs (C(OH)–C–C–N with tert-alkyl or cyclic N) is 1. The molecule has 0 radical (unpaired) electrons. The Morgan fingerprint density at radius 1 is 1.11 bits per heavy atom. The molecule has 0 saturated carbocycles. The molecule has 2 aromatic rings. The number of nitrogens with one attached hydrogen (secondary N) is 1. The van der Waals surface area contributed by atoms with E-state index in [1.807, 2.05) is 17.0 Å². The van der Waals surface area contributed by atoms with E-state index >= 15 is 0 Å². The van der Waals surface area contributed by atoms with Gasteiger partial charge in [-0.05, 0) is 37.0 Å². The Morgan fingerprint density at radius 3 is 2.46 bits per heavy atom. The first-order valence-electron chi connectivity index (χ1n) is 12.4. The van der Waals surface area contributed by atoms with Crippen molar-refractivity contribution in [3.63, 3.8) is 0 Å². The normalized spacial score (nSPS) is 18.6. The van der Waals surface area contributed by atoms with Crippen molar-refractivity contribution < 1.29 is 23.1 Å². The van der Waals surface area contributed by atoms with Gasteiger partial charge < -0.3 is 20.2 Å². The molecule has 4 rings (SSSR count). The number of aliphatic hydroxyl groups is 1. The summed E-state index contributed by atoms with van der Waals surface area (Å²) >= 11 is 0. The fraction of sp³-hybridized carbons (Fsp3) is 0.520. The minimum Gasteiger partial charge on any atom is -0.395 e. The third-order valence-corrected chi connectivity index (χ3v) is 6.71. The van der Waals surface area contributed by atoms with Gasteiger partial charge in [-0.3, -0.25) is 9.69 Å². The summed E-state index contributed by atoms with van der Waals surface area (Å²) in [5.74, 6) is -1.19. The van der Waals surface area contributed by atoms with Gasteiger partial charge in [0.25, 0.3) is 0 Å². The highest BCUT2D eigenvalue weighted by Crippen LogP contribution is 2.33. The third kappa shape index (κ3) is 6.67. The molecule has 2 fully saturated rings. The summed E-state index contributed by atoms with van der Waals surface area (Å²) in [7, 11) is 0. The number of nitrogens with zero attached hydrogens (tertiary/aromatic N) is 6. The SMILES string of the molecule is N#Cc1ccc(CCNC(=O)C2CCCN2c2cc(N3CCN(CCO)CC3)nc(C(F)(F)F)n2)cc1. The molecule has 1 aromatic heterocycles. The van der Waals surface area contributed by atoms with E-state index in [1.54, 1.807) is 28.0 Å². The average molecular weight is 518 g/mol. The third-order valence-electron chi connectivity index (χ3n) is 6.71. The van der Waals surface area contributed by atoms with Crippen molar-refractivity contribution in [2.75, 3.05) is 62.2 Å². The second-order valence-electron chi connectivity index (χ2n) is 9.16. The molecule has 0 aliphatic carbocycles. The number of amides is 1. The zero-order valence-electron chi connectivity index (χ0n) is 20.4. The summed E-state index contributed by atoms with van der Waals surface area (Å²) in [6, 6.07) is 10.1.